The predicted molar refractivity (Wildman–Crippen MR) is 89.2 cm³/mol. The van der Waals surface area contributed by atoms with Crippen LogP contribution in [0.25, 0.3) is 0 Å². The maximum atomic E-state index is 11.5. The fourth-order valence-electron chi connectivity index (χ4n) is 3.07. The molecule has 0 unspecified atom stereocenters. The zero-order chi connectivity index (χ0) is 16.3. The van der Waals surface area contributed by atoms with Gasteiger partial charge < -0.3 is 4.57 Å². The van der Waals surface area contributed by atoms with E-state index in [2.05, 4.69) is 14.8 Å². The first-order chi connectivity index (χ1) is 11.0. The van der Waals surface area contributed by atoms with Crippen LogP contribution in [0.2, 0.25) is 0 Å². The lowest BCUT2D eigenvalue weighted by Crippen LogP contribution is -2.08. The molecule has 124 valence electrons. The van der Waals surface area contributed by atoms with Crippen molar-refractivity contribution in [2.75, 3.05) is 6.26 Å². The Balaban J connectivity index is 1.80. The van der Waals surface area contributed by atoms with E-state index in [4.69, 9.17) is 0 Å². The number of nitrogens with zero attached hydrogens (tertiary/aromatic N) is 3. The van der Waals surface area contributed by atoms with Crippen molar-refractivity contribution in [3.63, 3.8) is 0 Å². The maximum Gasteiger partial charge on any atom is 0.175 e. The third-order valence-corrected chi connectivity index (χ3v) is 5.53. The molecule has 2 heterocycles. The van der Waals surface area contributed by atoms with E-state index in [1.807, 2.05) is 12.1 Å². The molecular weight excluding hydrogens is 310 g/mol. The van der Waals surface area contributed by atoms with E-state index in [1.54, 1.807) is 12.1 Å². The molecule has 5 nitrogen and oxygen atoms in total. The Morgan fingerprint density at radius 2 is 1.70 bits per heavy atom. The summed E-state index contributed by atoms with van der Waals surface area (Å²) in [6, 6.07) is 7.07. The normalized spacial score (nSPS) is 16.2. The second-order valence-corrected chi connectivity index (χ2v) is 8.31. The predicted octanol–water partition coefficient (Wildman–Crippen LogP) is 2.78. The molecule has 0 saturated carbocycles. The van der Waals surface area contributed by atoms with Crippen LogP contribution in [0.3, 0.4) is 0 Å². The highest BCUT2D eigenvalue weighted by Gasteiger charge is 2.14. The Labute approximate surface area is 137 Å². The Morgan fingerprint density at radius 1 is 1.00 bits per heavy atom. The Kier molecular flexibility index (Phi) is 4.80. The van der Waals surface area contributed by atoms with E-state index in [9.17, 15) is 8.42 Å². The van der Waals surface area contributed by atoms with Crippen LogP contribution in [-0.4, -0.2) is 29.4 Å². The highest BCUT2D eigenvalue weighted by Crippen LogP contribution is 2.18. The molecule has 0 atom stereocenters. The summed E-state index contributed by atoms with van der Waals surface area (Å²) < 4.78 is 25.3. The summed E-state index contributed by atoms with van der Waals surface area (Å²) in [5.41, 5.74) is 1.06. The van der Waals surface area contributed by atoms with Crippen LogP contribution in [0, 0.1) is 0 Å². The number of hydrogen-bond acceptors (Lipinski definition) is 4. The van der Waals surface area contributed by atoms with Crippen molar-refractivity contribution in [2.45, 2.75) is 56.4 Å². The van der Waals surface area contributed by atoms with Gasteiger partial charge in [0.2, 0.25) is 0 Å². The van der Waals surface area contributed by atoms with E-state index < -0.39 is 9.84 Å². The summed E-state index contributed by atoms with van der Waals surface area (Å²) in [6.07, 6.45) is 9.12. The quantitative estimate of drug-likeness (QED) is 0.866. The monoisotopic (exact) mass is 333 g/mol. The lowest BCUT2D eigenvalue weighted by atomic mass is 10.1. The summed E-state index contributed by atoms with van der Waals surface area (Å²) in [4.78, 5) is 0.356. The molecule has 1 aromatic carbocycles. The number of aromatic nitrogens is 3. The molecule has 23 heavy (non-hydrogen) atoms. The van der Waals surface area contributed by atoms with Gasteiger partial charge in [0, 0.05) is 25.6 Å². The fourth-order valence-corrected chi connectivity index (χ4v) is 3.70. The summed E-state index contributed by atoms with van der Waals surface area (Å²) in [6.45, 7) is 0.985. The first kappa shape index (κ1) is 16.2. The molecule has 0 fully saturated rings. The van der Waals surface area contributed by atoms with Crippen LogP contribution in [0.4, 0.5) is 0 Å². The molecule has 1 aliphatic rings. The number of rotatable bonds is 3. The fraction of sp³-hybridized carbons (Fsp3) is 0.529. The van der Waals surface area contributed by atoms with Gasteiger partial charge in [-0.05, 0) is 30.5 Å². The topological polar surface area (TPSA) is 64.8 Å². The van der Waals surface area contributed by atoms with Gasteiger partial charge in [-0.1, -0.05) is 31.4 Å². The van der Waals surface area contributed by atoms with Gasteiger partial charge in [-0.2, -0.15) is 0 Å². The molecule has 0 amide bonds. The molecule has 0 radical (unpaired) electrons. The Bertz CT molecular complexity index is 764. The van der Waals surface area contributed by atoms with Crippen LogP contribution in [0.15, 0.2) is 29.2 Å². The van der Waals surface area contributed by atoms with Gasteiger partial charge in [0.15, 0.2) is 9.84 Å². The first-order valence-corrected chi connectivity index (χ1v) is 10.1. The van der Waals surface area contributed by atoms with E-state index in [-0.39, 0.29) is 0 Å². The highest BCUT2D eigenvalue weighted by molar-refractivity contribution is 7.90. The molecule has 0 aliphatic carbocycles. The van der Waals surface area contributed by atoms with Crippen molar-refractivity contribution in [3.8, 4) is 0 Å². The van der Waals surface area contributed by atoms with Crippen LogP contribution < -0.4 is 0 Å². The average molecular weight is 333 g/mol. The molecule has 3 rings (SSSR count). The number of sulfone groups is 1. The highest BCUT2D eigenvalue weighted by atomic mass is 32.2. The number of aryl methyl sites for hydroxylation is 1. The molecule has 0 bridgehead atoms. The second-order valence-electron chi connectivity index (χ2n) is 6.29. The third kappa shape index (κ3) is 3.99. The van der Waals surface area contributed by atoms with Crippen LogP contribution in [0.1, 0.15) is 49.3 Å². The number of fused-ring (bicyclic) bond motifs is 1. The van der Waals surface area contributed by atoms with Crippen molar-refractivity contribution in [1.29, 1.82) is 0 Å². The van der Waals surface area contributed by atoms with Gasteiger partial charge in [-0.3, -0.25) is 0 Å². The lowest BCUT2D eigenvalue weighted by Gasteiger charge is -2.09. The molecule has 6 heteroatoms. The number of hydrogen-bond donors (Lipinski definition) is 0. The molecule has 2 aromatic rings. The van der Waals surface area contributed by atoms with Gasteiger partial charge in [-0.15, -0.1) is 10.2 Å². The number of benzene rings is 1. The van der Waals surface area contributed by atoms with E-state index in [0.29, 0.717) is 11.3 Å². The Morgan fingerprint density at radius 3 is 2.43 bits per heavy atom. The van der Waals surface area contributed by atoms with Gasteiger partial charge in [0.05, 0.1) is 4.90 Å². The van der Waals surface area contributed by atoms with Gasteiger partial charge in [0.1, 0.15) is 11.6 Å². The largest absolute Gasteiger partial charge is 0.315 e. The minimum Gasteiger partial charge on any atom is -0.315 e. The minimum atomic E-state index is -3.14. The molecule has 0 saturated heterocycles. The van der Waals surface area contributed by atoms with Crippen molar-refractivity contribution < 1.29 is 8.42 Å². The van der Waals surface area contributed by atoms with E-state index in [1.165, 1.54) is 38.4 Å². The minimum absolute atomic E-state index is 0.356. The SMILES string of the molecule is CS(=O)(=O)c1ccc(Cc2nnc3n2CCCCCCC3)cc1. The van der Waals surface area contributed by atoms with Crippen LogP contribution in [-0.2, 0) is 29.2 Å². The summed E-state index contributed by atoms with van der Waals surface area (Å²) in [5, 5.41) is 8.74. The second kappa shape index (κ2) is 6.83. The van der Waals surface area contributed by atoms with Crippen LogP contribution >= 0.6 is 0 Å². The zero-order valence-corrected chi connectivity index (χ0v) is 14.3. The lowest BCUT2D eigenvalue weighted by molar-refractivity contribution is 0.570. The summed E-state index contributed by atoms with van der Waals surface area (Å²) in [5.74, 6) is 2.07. The van der Waals surface area contributed by atoms with Crippen molar-refractivity contribution in [1.82, 2.24) is 14.8 Å². The summed E-state index contributed by atoms with van der Waals surface area (Å²) in [7, 11) is -3.14. The van der Waals surface area contributed by atoms with Crippen molar-refractivity contribution >= 4 is 9.84 Å². The van der Waals surface area contributed by atoms with Crippen LogP contribution in [0.5, 0.6) is 0 Å². The van der Waals surface area contributed by atoms with Gasteiger partial charge in [0.25, 0.3) is 0 Å². The molecule has 1 aliphatic heterocycles. The first-order valence-electron chi connectivity index (χ1n) is 8.24. The smallest absolute Gasteiger partial charge is 0.175 e. The van der Waals surface area contributed by atoms with Crippen molar-refractivity contribution in [3.05, 3.63) is 41.5 Å². The standard InChI is InChI=1S/C17H23N3O2S/c1-23(21,22)15-10-8-14(9-11-15)13-17-19-18-16-7-5-3-2-4-6-12-20(16)17/h8-11H,2-7,12-13H2,1H3. The van der Waals surface area contributed by atoms with Crippen molar-refractivity contribution in [2.24, 2.45) is 0 Å². The zero-order valence-electron chi connectivity index (χ0n) is 13.5. The Hall–Kier alpha value is -1.69. The van der Waals surface area contributed by atoms with Gasteiger partial charge in [-0.25, -0.2) is 8.42 Å². The van der Waals surface area contributed by atoms with E-state index in [0.717, 1.165) is 30.2 Å². The average Bonchev–Trinajstić information content (AvgIpc) is 2.92. The van der Waals surface area contributed by atoms with Gasteiger partial charge >= 0.3 is 0 Å². The molecule has 0 N–H and O–H groups in total. The molecule has 1 aromatic heterocycles. The maximum absolute atomic E-state index is 11.5. The third-order valence-electron chi connectivity index (χ3n) is 4.40. The molecule has 0 spiro atoms. The summed E-state index contributed by atoms with van der Waals surface area (Å²) >= 11 is 0. The van der Waals surface area contributed by atoms with E-state index >= 15 is 0 Å². The molecular formula is C17H23N3O2S.